The van der Waals surface area contributed by atoms with Crippen LogP contribution in [0.3, 0.4) is 0 Å². The van der Waals surface area contributed by atoms with Gasteiger partial charge in [-0.3, -0.25) is 4.79 Å². The number of halogens is 1. The van der Waals surface area contributed by atoms with Gasteiger partial charge in [0.05, 0.1) is 0 Å². The van der Waals surface area contributed by atoms with Crippen LogP contribution in [-0.4, -0.2) is 10.9 Å². The molecule has 1 aromatic heterocycles. The zero-order chi connectivity index (χ0) is 8.97. The predicted octanol–water partition coefficient (Wildman–Crippen LogP) is 0.572. The molecule has 0 spiro atoms. The molecule has 2 N–H and O–H groups in total. The lowest BCUT2D eigenvalue weighted by atomic mass is 10.3. The average molecular weight is 181 g/mol. The summed E-state index contributed by atoms with van der Waals surface area (Å²) < 4.78 is 0. The first-order valence-corrected chi connectivity index (χ1v) is 3.49. The molecule has 1 aromatic rings. The first kappa shape index (κ1) is 8.57. The number of amides is 1. The maximum Gasteiger partial charge on any atom is 0.293 e. The second-order valence-corrected chi connectivity index (χ2v) is 2.37. The molecule has 1 amide bonds. The molecule has 0 unspecified atom stereocenters. The maximum absolute atomic E-state index is 10.2. The van der Waals surface area contributed by atoms with Gasteiger partial charge >= 0.3 is 0 Å². The van der Waals surface area contributed by atoms with E-state index in [1.165, 1.54) is 6.20 Å². The summed E-state index contributed by atoms with van der Waals surface area (Å²) in [5.41, 5.74) is 5.42. The molecule has 1 heterocycles. The Morgan fingerprint density at radius 2 is 2.33 bits per heavy atom. The van der Waals surface area contributed by atoms with E-state index in [1.807, 2.05) is 0 Å². The van der Waals surface area contributed by atoms with E-state index in [-0.39, 0.29) is 0 Å². The fourth-order valence-corrected chi connectivity index (χ4v) is 0.695. The number of aromatic nitrogens is 1. The van der Waals surface area contributed by atoms with E-state index in [2.05, 4.69) is 16.8 Å². The monoisotopic (exact) mass is 180 g/mol. The van der Waals surface area contributed by atoms with E-state index in [0.29, 0.717) is 10.7 Å². The fourth-order valence-electron chi connectivity index (χ4n) is 0.584. The van der Waals surface area contributed by atoms with Crippen LogP contribution in [0.15, 0.2) is 18.3 Å². The molecule has 0 aliphatic rings. The van der Waals surface area contributed by atoms with E-state index < -0.39 is 5.91 Å². The molecule has 0 aliphatic carbocycles. The number of hydrogen-bond acceptors (Lipinski definition) is 2. The quantitative estimate of drug-likeness (QED) is 0.469. The molecule has 0 fully saturated rings. The Balaban J connectivity index is 2.86. The summed E-state index contributed by atoms with van der Waals surface area (Å²) in [7, 11) is 0. The fraction of sp³-hybridized carbons (Fsp3) is 0. The van der Waals surface area contributed by atoms with Crippen LogP contribution in [0.5, 0.6) is 0 Å². The molecule has 3 nitrogen and oxygen atoms in total. The van der Waals surface area contributed by atoms with Crippen molar-refractivity contribution in [2.45, 2.75) is 0 Å². The van der Waals surface area contributed by atoms with Gasteiger partial charge in [-0.15, -0.1) is 0 Å². The first-order chi connectivity index (χ1) is 5.68. The van der Waals surface area contributed by atoms with Crippen molar-refractivity contribution in [3.8, 4) is 11.8 Å². The number of nitrogens with zero attached hydrogens (tertiary/aromatic N) is 1. The maximum atomic E-state index is 10.2. The summed E-state index contributed by atoms with van der Waals surface area (Å²) >= 11 is 5.52. The SMILES string of the molecule is NC(=O)C#Cc1ccc(Cl)nc1. The molecule has 0 atom stereocenters. The Morgan fingerprint density at radius 3 is 2.83 bits per heavy atom. The lowest BCUT2D eigenvalue weighted by molar-refractivity contribution is -0.112. The number of nitrogens with two attached hydrogens (primary N) is 1. The van der Waals surface area contributed by atoms with Crippen molar-refractivity contribution < 1.29 is 4.79 Å². The van der Waals surface area contributed by atoms with Crippen molar-refractivity contribution in [3.05, 3.63) is 29.0 Å². The number of carbonyl (C=O) groups excluding carboxylic acids is 1. The molecule has 0 aromatic carbocycles. The van der Waals surface area contributed by atoms with Gasteiger partial charge in [0.25, 0.3) is 5.91 Å². The number of pyridine rings is 1. The van der Waals surface area contributed by atoms with Gasteiger partial charge in [0.2, 0.25) is 0 Å². The van der Waals surface area contributed by atoms with Crippen molar-refractivity contribution in [2.24, 2.45) is 5.73 Å². The zero-order valence-electron chi connectivity index (χ0n) is 6.04. The van der Waals surface area contributed by atoms with Crippen LogP contribution in [0.1, 0.15) is 5.56 Å². The van der Waals surface area contributed by atoms with Crippen molar-refractivity contribution in [3.63, 3.8) is 0 Å². The van der Waals surface area contributed by atoms with Crippen molar-refractivity contribution >= 4 is 17.5 Å². The lowest BCUT2D eigenvalue weighted by Crippen LogP contribution is -2.06. The molecular formula is C8H5ClN2O. The van der Waals surface area contributed by atoms with Crippen LogP contribution in [0.2, 0.25) is 5.15 Å². The Hall–Kier alpha value is -1.53. The number of hydrogen-bond donors (Lipinski definition) is 1. The Kier molecular flexibility index (Phi) is 2.67. The standard InChI is InChI=1S/C8H5ClN2O/c9-7-3-1-6(5-11-7)2-4-8(10)12/h1,3,5H,(H2,10,12). The van der Waals surface area contributed by atoms with Gasteiger partial charge in [-0.1, -0.05) is 17.5 Å². The topological polar surface area (TPSA) is 56.0 Å². The summed E-state index contributed by atoms with van der Waals surface area (Å²) in [6.45, 7) is 0. The number of carbonyl (C=O) groups is 1. The highest BCUT2D eigenvalue weighted by atomic mass is 35.5. The minimum Gasteiger partial charge on any atom is -0.359 e. The second-order valence-electron chi connectivity index (χ2n) is 1.98. The van der Waals surface area contributed by atoms with Crippen molar-refractivity contribution in [1.82, 2.24) is 4.98 Å². The molecule has 0 saturated heterocycles. The predicted molar refractivity (Wildman–Crippen MR) is 45.3 cm³/mol. The van der Waals surface area contributed by atoms with E-state index in [0.717, 1.165) is 0 Å². The van der Waals surface area contributed by atoms with Crippen LogP contribution >= 0.6 is 11.6 Å². The third-order valence-electron chi connectivity index (χ3n) is 1.06. The highest BCUT2D eigenvalue weighted by molar-refractivity contribution is 6.29. The first-order valence-electron chi connectivity index (χ1n) is 3.11. The van der Waals surface area contributed by atoms with Crippen LogP contribution in [0, 0.1) is 11.8 Å². The number of rotatable bonds is 0. The molecule has 12 heavy (non-hydrogen) atoms. The minimum absolute atomic E-state index is 0.389. The Morgan fingerprint density at radius 1 is 1.58 bits per heavy atom. The molecule has 4 heteroatoms. The highest BCUT2D eigenvalue weighted by Gasteiger charge is 1.88. The lowest BCUT2D eigenvalue weighted by Gasteiger charge is -1.88. The normalized spacial score (nSPS) is 8.42. The third-order valence-corrected chi connectivity index (χ3v) is 1.28. The highest BCUT2D eigenvalue weighted by Crippen LogP contribution is 2.03. The van der Waals surface area contributed by atoms with Gasteiger partial charge in [-0.25, -0.2) is 4.98 Å². The van der Waals surface area contributed by atoms with Gasteiger partial charge in [-0.05, 0) is 12.1 Å². The summed E-state index contributed by atoms with van der Waals surface area (Å²) in [4.78, 5) is 14.0. The molecule has 0 bridgehead atoms. The second kappa shape index (κ2) is 3.74. The number of primary amides is 1. The largest absolute Gasteiger partial charge is 0.359 e. The van der Waals surface area contributed by atoms with Crippen LogP contribution in [0.25, 0.3) is 0 Å². The van der Waals surface area contributed by atoms with Crippen LogP contribution in [-0.2, 0) is 4.79 Å². The minimum atomic E-state index is -0.662. The molecule has 60 valence electrons. The summed E-state index contributed by atoms with van der Waals surface area (Å²) in [5.74, 6) is 4.05. The van der Waals surface area contributed by atoms with Crippen molar-refractivity contribution in [2.75, 3.05) is 0 Å². The van der Waals surface area contributed by atoms with E-state index in [1.54, 1.807) is 12.1 Å². The van der Waals surface area contributed by atoms with Crippen molar-refractivity contribution in [1.29, 1.82) is 0 Å². The molecule has 1 rings (SSSR count). The molecular weight excluding hydrogens is 176 g/mol. The molecule has 0 radical (unpaired) electrons. The van der Waals surface area contributed by atoms with Gasteiger partial charge < -0.3 is 5.73 Å². The van der Waals surface area contributed by atoms with E-state index in [9.17, 15) is 4.79 Å². The Bertz CT molecular complexity index is 348. The van der Waals surface area contributed by atoms with Gasteiger partial charge in [0.1, 0.15) is 5.15 Å². The Labute approximate surface area is 74.5 Å². The van der Waals surface area contributed by atoms with Gasteiger partial charge in [0.15, 0.2) is 0 Å². The smallest absolute Gasteiger partial charge is 0.293 e. The van der Waals surface area contributed by atoms with Crippen LogP contribution < -0.4 is 5.73 Å². The molecule has 0 saturated carbocycles. The van der Waals surface area contributed by atoms with E-state index >= 15 is 0 Å². The van der Waals surface area contributed by atoms with E-state index in [4.69, 9.17) is 17.3 Å². The average Bonchev–Trinajstić information content (AvgIpc) is 2.03. The van der Waals surface area contributed by atoms with Gasteiger partial charge in [0, 0.05) is 17.7 Å². The van der Waals surface area contributed by atoms with Crippen LogP contribution in [0.4, 0.5) is 0 Å². The summed E-state index contributed by atoms with van der Waals surface area (Å²) in [6, 6.07) is 3.25. The summed E-state index contributed by atoms with van der Waals surface area (Å²) in [5, 5.41) is 0.389. The molecule has 0 aliphatic heterocycles. The summed E-state index contributed by atoms with van der Waals surface area (Å²) in [6.07, 6.45) is 1.47. The van der Waals surface area contributed by atoms with Gasteiger partial charge in [-0.2, -0.15) is 0 Å². The third kappa shape index (κ3) is 2.60. The zero-order valence-corrected chi connectivity index (χ0v) is 6.80.